The zero-order valence-corrected chi connectivity index (χ0v) is 18.7. The number of hydrogen-bond donors (Lipinski definition) is 0. The molecule has 0 radical (unpaired) electrons. The van der Waals surface area contributed by atoms with E-state index in [1.807, 2.05) is 0 Å². The van der Waals surface area contributed by atoms with Gasteiger partial charge in [-0.2, -0.15) is 0 Å². The molecular formula is C27H21ClF4O. The van der Waals surface area contributed by atoms with Crippen molar-refractivity contribution in [1.82, 2.24) is 0 Å². The maximum atomic E-state index is 15.1. The van der Waals surface area contributed by atoms with E-state index < -0.39 is 23.3 Å². The predicted octanol–water partition coefficient (Wildman–Crippen LogP) is 7.69. The van der Waals surface area contributed by atoms with Gasteiger partial charge >= 0.3 is 0 Å². The fourth-order valence-corrected chi connectivity index (χ4v) is 4.04. The molecule has 0 spiro atoms. The summed E-state index contributed by atoms with van der Waals surface area (Å²) >= 11 is 5.71. The molecule has 0 N–H and O–H groups in total. The van der Waals surface area contributed by atoms with E-state index >= 15 is 4.39 Å². The second kappa shape index (κ2) is 9.94. The minimum atomic E-state index is -0.673. The molecule has 0 bridgehead atoms. The molecular weight excluding hydrogens is 452 g/mol. The SMILES string of the molecule is COCCc1cc(F)c(-c2ccc3c(F)c(CCc4ccc(Cl)c(F)c4)ccc3c2)c(F)c1. The van der Waals surface area contributed by atoms with Crippen molar-refractivity contribution in [2.45, 2.75) is 19.3 Å². The van der Waals surface area contributed by atoms with E-state index in [-0.39, 0.29) is 10.6 Å². The number of halogens is 5. The third-order valence-corrected chi connectivity index (χ3v) is 5.99. The molecule has 0 unspecified atom stereocenters. The van der Waals surface area contributed by atoms with Crippen LogP contribution in [-0.2, 0) is 24.0 Å². The van der Waals surface area contributed by atoms with E-state index in [0.717, 1.165) is 0 Å². The van der Waals surface area contributed by atoms with Crippen LogP contribution >= 0.6 is 11.6 Å². The molecule has 0 heterocycles. The Kier molecular flexibility index (Phi) is 7.01. The summed E-state index contributed by atoms with van der Waals surface area (Å²) in [5.74, 6) is -2.25. The van der Waals surface area contributed by atoms with Crippen LogP contribution < -0.4 is 0 Å². The highest BCUT2D eigenvalue weighted by molar-refractivity contribution is 6.30. The van der Waals surface area contributed by atoms with Crippen LogP contribution in [0.25, 0.3) is 21.9 Å². The Morgan fingerprint density at radius 1 is 0.727 bits per heavy atom. The van der Waals surface area contributed by atoms with Crippen LogP contribution in [0.3, 0.4) is 0 Å². The Bertz CT molecular complexity index is 1300. The summed E-state index contributed by atoms with van der Waals surface area (Å²) < 4.78 is 63.1. The first-order valence-electron chi connectivity index (χ1n) is 10.5. The van der Waals surface area contributed by atoms with Gasteiger partial charge in [0.15, 0.2) is 0 Å². The Morgan fingerprint density at radius 3 is 2.15 bits per heavy atom. The highest BCUT2D eigenvalue weighted by Crippen LogP contribution is 2.32. The lowest BCUT2D eigenvalue weighted by atomic mass is 9.96. The number of methoxy groups -OCH3 is 1. The predicted molar refractivity (Wildman–Crippen MR) is 124 cm³/mol. The topological polar surface area (TPSA) is 9.23 Å². The van der Waals surface area contributed by atoms with E-state index in [0.29, 0.717) is 58.9 Å². The highest BCUT2D eigenvalue weighted by atomic mass is 35.5. The summed E-state index contributed by atoms with van der Waals surface area (Å²) in [5, 5.41) is 0.938. The molecule has 0 aliphatic carbocycles. The minimum absolute atomic E-state index is 0.0453. The molecule has 33 heavy (non-hydrogen) atoms. The van der Waals surface area contributed by atoms with E-state index in [2.05, 4.69) is 0 Å². The molecule has 4 aromatic carbocycles. The number of rotatable bonds is 7. The second-order valence-electron chi connectivity index (χ2n) is 7.90. The summed E-state index contributed by atoms with van der Waals surface area (Å²) in [4.78, 5) is 0. The zero-order valence-electron chi connectivity index (χ0n) is 17.9. The average molecular weight is 473 g/mol. The van der Waals surface area contributed by atoms with Crippen molar-refractivity contribution in [3.05, 3.63) is 106 Å². The summed E-state index contributed by atoms with van der Waals surface area (Å²) in [6, 6.07) is 15.1. The first-order valence-corrected chi connectivity index (χ1v) is 10.9. The lowest BCUT2D eigenvalue weighted by Crippen LogP contribution is -1.99. The molecule has 0 atom stereocenters. The van der Waals surface area contributed by atoms with Crippen LogP contribution in [0.4, 0.5) is 17.6 Å². The lowest BCUT2D eigenvalue weighted by Gasteiger charge is -2.11. The van der Waals surface area contributed by atoms with Gasteiger partial charge in [-0.05, 0) is 77.2 Å². The molecule has 4 aromatic rings. The molecule has 0 aromatic heterocycles. The molecule has 0 aliphatic rings. The van der Waals surface area contributed by atoms with Crippen molar-refractivity contribution >= 4 is 22.4 Å². The average Bonchev–Trinajstić information content (AvgIpc) is 2.79. The van der Waals surface area contributed by atoms with Gasteiger partial charge in [0.2, 0.25) is 0 Å². The molecule has 0 fully saturated rings. The second-order valence-corrected chi connectivity index (χ2v) is 8.31. The first kappa shape index (κ1) is 23.3. The smallest absolute Gasteiger partial charge is 0.142 e. The molecule has 6 heteroatoms. The largest absolute Gasteiger partial charge is 0.384 e. The molecule has 0 saturated carbocycles. The molecule has 4 rings (SSSR count). The van der Waals surface area contributed by atoms with E-state index in [4.69, 9.17) is 16.3 Å². The van der Waals surface area contributed by atoms with E-state index in [1.165, 1.54) is 43.5 Å². The highest BCUT2D eigenvalue weighted by Gasteiger charge is 2.15. The van der Waals surface area contributed by atoms with Gasteiger partial charge in [-0.1, -0.05) is 41.9 Å². The van der Waals surface area contributed by atoms with Gasteiger partial charge in [0.25, 0.3) is 0 Å². The van der Waals surface area contributed by atoms with Crippen LogP contribution in [0.15, 0.2) is 60.7 Å². The number of hydrogen-bond acceptors (Lipinski definition) is 1. The van der Waals surface area contributed by atoms with Gasteiger partial charge in [-0.15, -0.1) is 0 Å². The number of aryl methyl sites for hydroxylation is 2. The van der Waals surface area contributed by atoms with Crippen LogP contribution in [0.5, 0.6) is 0 Å². The van der Waals surface area contributed by atoms with Crippen LogP contribution in [0.1, 0.15) is 16.7 Å². The van der Waals surface area contributed by atoms with Gasteiger partial charge in [0.1, 0.15) is 23.3 Å². The Balaban J connectivity index is 1.61. The Hall–Kier alpha value is -2.89. The monoisotopic (exact) mass is 472 g/mol. The molecule has 0 saturated heterocycles. The molecule has 0 aliphatic heterocycles. The van der Waals surface area contributed by atoms with E-state index in [9.17, 15) is 13.2 Å². The maximum Gasteiger partial charge on any atom is 0.142 e. The van der Waals surface area contributed by atoms with Crippen LogP contribution in [0.2, 0.25) is 5.02 Å². The number of benzene rings is 4. The Labute approximate surface area is 194 Å². The van der Waals surface area contributed by atoms with Crippen LogP contribution in [0, 0.1) is 23.3 Å². The van der Waals surface area contributed by atoms with Crippen molar-refractivity contribution in [3.8, 4) is 11.1 Å². The zero-order chi connectivity index (χ0) is 23.5. The van der Waals surface area contributed by atoms with Crippen LogP contribution in [-0.4, -0.2) is 13.7 Å². The number of fused-ring (bicyclic) bond motifs is 1. The molecule has 1 nitrogen and oxygen atoms in total. The van der Waals surface area contributed by atoms with Crippen molar-refractivity contribution in [1.29, 1.82) is 0 Å². The summed E-state index contributed by atoms with van der Waals surface area (Å²) in [5.41, 5.74) is 1.89. The summed E-state index contributed by atoms with van der Waals surface area (Å²) in [6.45, 7) is 0.364. The van der Waals surface area contributed by atoms with E-state index in [1.54, 1.807) is 24.3 Å². The van der Waals surface area contributed by atoms with Gasteiger partial charge in [0, 0.05) is 12.5 Å². The maximum absolute atomic E-state index is 15.1. The quantitative estimate of drug-likeness (QED) is 0.250. The first-order chi connectivity index (χ1) is 15.9. The van der Waals surface area contributed by atoms with Gasteiger partial charge < -0.3 is 4.74 Å². The van der Waals surface area contributed by atoms with Gasteiger partial charge in [-0.3, -0.25) is 0 Å². The standard InChI is InChI=1S/C27H21ClF4O/c1-33-11-10-17-13-24(30)26(25(31)14-17)20-7-8-21-19(15-20)6-5-18(27(21)32)4-2-16-3-9-22(28)23(29)12-16/h3,5-9,12-15H,2,4,10-11H2,1H3. The molecule has 170 valence electrons. The molecule has 0 amide bonds. The van der Waals surface area contributed by atoms with Gasteiger partial charge in [-0.25, -0.2) is 17.6 Å². The number of ether oxygens (including phenoxy) is 1. The fourth-order valence-electron chi connectivity index (χ4n) is 3.93. The summed E-state index contributed by atoms with van der Waals surface area (Å²) in [6.07, 6.45) is 1.22. The third kappa shape index (κ3) is 5.05. The Morgan fingerprint density at radius 2 is 1.45 bits per heavy atom. The van der Waals surface area contributed by atoms with Crippen molar-refractivity contribution in [2.24, 2.45) is 0 Å². The fraction of sp³-hybridized carbons (Fsp3) is 0.185. The third-order valence-electron chi connectivity index (χ3n) is 5.69. The van der Waals surface area contributed by atoms with Crippen molar-refractivity contribution in [2.75, 3.05) is 13.7 Å². The normalized spacial score (nSPS) is 11.3. The van der Waals surface area contributed by atoms with Gasteiger partial charge in [0.05, 0.1) is 17.2 Å². The summed E-state index contributed by atoms with van der Waals surface area (Å²) in [7, 11) is 1.53. The van der Waals surface area contributed by atoms with Crippen molar-refractivity contribution in [3.63, 3.8) is 0 Å². The van der Waals surface area contributed by atoms with Crippen molar-refractivity contribution < 1.29 is 22.3 Å². The minimum Gasteiger partial charge on any atom is -0.384 e. The lowest BCUT2D eigenvalue weighted by molar-refractivity contribution is 0.202.